The number of ketones is 1. The van der Waals surface area contributed by atoms with Crippen molar-refractivity contribution in [3.63, 3.8) is 0 Å². The first-order valence-corrected chi connectivity index (χ1v) is 5.40. The maximum absolute atomic E-state index is 11.7. The molecular weight excluding hydrogens is 212 g/mol. The summed E-state index contributed by atoms with van der Waals surface area (Å²) in [6, 6.07) is 7.17. The molecule has 0 aliphatic carbocycles. The van der Waals surface area contributed by atoms with Gasteiger partial charge in [0.1, 0.15) is 5.75 Å². The van der Waals surface area contributed by atoms with E-state index in [4.69, 9.17) is 16.3 Å². The summed E-state index contributed by atoms with van der Waals surface area (Å²) in [5.41, 5.74) is 0.550. The van der Waals surface area contributed by atoms with Crippen LogP contribution in [-0.4, -0.2) is 17.3 Å². The van der Waals surface area contributed by atoms with Crippen molar-refractivity contribution < 1.29 is 9.53 Å². The average Bonchev–Trinajstić information content (AvgIpc) is 2.16. The molecule has 0 saturated carbocycles. The van der Waals surface area contributed by atoms with Crippen LogP contribution in [0.4, 0.5) is 0 Å². The van der Waals surface area contributed by atoms with E-state index in [9.17, 15) is 4.79 Å². The standard InChI is InChI=1S/C12H15ClO2/c1-8(2)15-11-7-5-4-6-10(11)12(14)9(3)13/h4-9H,1-3H3. The molecule has 0 spiro atoms. The minimum absolute atomic E-state index is 0.0459. The number of Topliss-reactive ketones (excluding diaryl/α,β-unsaturated/α-hetero) is 1. The van der Waals surface area contributed by atoms with E-state index < -0.39 is 5.38 Å². The Kier molecular flexibility index (Phi) is 4.15. The van der Waals surface area contributed by atoms with Crippen molar-refractivity contribution >= 4 is 17.4 Å². The summed E-state index contributed by atoms with van der Waals surface area (Å²) in [4.78, 5) is 11.7. The molecule has 1 unspecified atom stereocenters. The molecule has 0 bridgehead atoms. The van der Waals surface area contributed by atoms with Gasteiger partial charge in [0.15, 0.2) is 5.78 Å². The van der Waals surface area contributed by atoms with Gasteiger partial charge in [-0.2, -0.15) is 0 Å². The lowest BCUT2D eigenvalue weighted by Crippen LogP contribution is -2.14. The molecule has 0 N–H and O–H groups in total. The van der Waals surface area contributed by atoms with Gasteiger partial charge in [-0.05, 0) is 32.9 Å². The molecule has 0 fully saturated rings. The quantitative estimate of drug-likeness (QED) is 0.582. The second kappa shape index (κ2) is 5.17. The molecule has 0 aliphatic rings. The molecule has 1 atom stereocenters. The van der Waals surface area contributed by atoms with Crippen molar-refractivity contribution in [2.24, 2.45) is 0 Å². The summed E-state index contributed by atoms with van der Waals surface area (Å²) in [6.07, 6.45) is 0.0459. The van der Waals surface area contributed by atoms with Crippen molar-refractivity contribution in [3.8, 4) is 5.75 Å². The second-order valence-electron chi connectivity index (χ2n) is 3.64. The molecule has 82 valence electrons. The summed E-state index contributed by atoms with van der Waals surface area (Å²) >= 11 is 5.77. The molecule has 0 saturated heterocycles. The predicted octanol–water partition coefficient (Wildman–Crippen LogP) is 3.28. The van der Waals surface area contributed by atoms with Gasteiger partial charge in [-0.3, -0.25) is 4.79 Å². The van der Waals surface area contributed by atoms with Gasteiger partial charge < -0.3 is 4.74 Å². The van der Waals surface area contributed by atoms with Crippen LogP contribution in [0.15, 0.2) is 24.3 Å². The second-order valence-corrected chi connectivity index (χ2v) is 4.30. The number of hydrogen-bond donors (Lipinski definition) is 0. The summed E-state index contributed by atoms with van der Waals surface area (Å²) in [7, 11) is 0. The van der Waals surface area contributed by atoms with Crippen LogP contribution in [0.3, 0.4) is 0 Å². The van der Waals surface area contributed by atoms with Crippen LogP contribution in [-0.2, 0) is 0 Å². The third kappa shape index (κ3) is 3.24. The maximum Gasteiger partial charge on any atom is 0.184 e. The van der Waals surface area contributed by atoms with E-state index >= 15 is 0 Å². The average molecular weight is 227 g/mol. The molecule has 15 heavy (non-hydrogen) atoms. The Morgan fingerprint density at radius 1 is 1.27 bits per heavy atom. The highest BCUT2D eigenvalue weighted by molar-refractivity contribution is 6.33. The zero-order valence-electron chi connectivity index (χ0n) is 9.16. The van der Waals surface area contributed by atoms with Crippen molar-refractivity contribution in [3.05, 3.63) is 29.8 Å². The van der Waals surface area contributed by atoms with Crippen LogP contribution in [0.2, 0.25) is 0 Å². The zero-order chi connectivity index (χ0) is 11.4. The van der Waals surface area contributed by atoms with Crippen LogP contribution in [0, 0.1) is 0 Å². The number of para-hydroxylation sites is 1. The van der Waals surface area contributed by atoms with Crippen LogP contribution >= 0.6 is 11.6 Å². The van der Waals surface area contributed by atoms with Crippen molar-refractivity contribution in [1.82, 2.24) is 0 Å². The largest absolute Gasteiger partial charge is 0.490 e. The third-order valence-electron chi connectivity index (χ3n) is 1.88. The molecule has 1 rings (SSSR count). The van der Waals surface area contributed by atoms with Crippen molar-refractivity contribution in [1.29, 1.82) is 0 Å². The monoisotopic (exact) mass is 226 g/mol. The van der Waals surface area contributed by atoms with Gasteiger partial charge in [-0.15, -0.1) is 11.6 Å². The van der Waals surface area contributed by atoms with Gasteiger partial charge in [0, 0.05) is 0 Å². The smallest absolute Gasteiger partial charge is 0.184 e. The van der Waals surface area contributed by atoms with E-state index in [0.29, 0.717) is 11.3 Å². The number of carbonyl (C=O) groups excluding carboxylic acids is 1. The van der Waals surface area contributed by atoms with Gasteiger partial charge in [-0.1, -0.05) is 12.1 Å². The molecule has 0 radical (unpaired) electrons. The zero-order valence-corrected chi connectivity index (χ0v) is 9.91. The van der Waals surface area contributed by atoms with Crippen LogP contribution in [0.1, 0.15) is 31.1 Å². The molecular formula is C12H15ClO2. The maximum atomic E-state index is 11.7. The summed E-state index contributed by atoms with van der Waals surface area (Å²) in [5.74, 6) is 0.498. The Morgan fingerprint density at radius 2 is 1.87 bits per heavy atom. The summed E-state index contributed by atoms with van der Waals surface area (Å²) in [5, 5.41) is -0.526. The van der Waals surface area contributed by atoms with Gasteiger partial charge >= 0.3 is 0 Å². The number of halogens is 1. The number of hydrogen-bond acceptors (Lipinski definition) is 2. The number of rotatable bonds is 4. The molecule has 0 aliphatic heterocycles. The fourth-order valence-electron chi connectivity index (χ4n) is 1.24. The Hall–Kier alpha value is -1.02. The van der Waals surface area contributed by atoms with Crippen molar-refractivity contribution in [2.45, 2.75) is 32.3 Å². The normalized spacial score (nSPS) is 12.6. The molecule has 0 amide bonds. The van der Waals surface area contributed by atoms with Crippen LogP contribution in [0.5, 0.6) is 5.75 Å². The van der Waals surface area contributed by atoms with Gasteiger partial charge in [0.2, 0.25) is 0 Å². The lowest BCUT2D eigenvalue weighted by molar-refractivity contribution is 0.0986. The highest BCUT2D eigenvalue weighted by atomic mass is 35.5. The van der Waals surface area contributed by atoms with E-state index in [-0.39, 0.29) is 11.9 Å². The fraction of sp³-hybridized carbons (Fsp3) is 0.417. The Labute approximate surface area is 95.2 Å². The third-order valence-corrected chi connectivity index (χ3v) is 2.07. The molecule has 0 heterocycles. The van der Waals surface area contributed by atoms with Gasteiger partial charge in [0.05, 0.1) is 17.0 Å². The molecule has 3 heteroatoms. The van der Waals surface area contributed by atoms with E-state index in [2.05, 4.69) is 0 Å². The molecule has 2 nitrogen and oxygen atoms in total. The number of alkyl halides is 1. The van der Waals surface area contributed by atoms with Crippen molar-refractivity contribution in [2.75, 3.05) is 0 Å². The van der Waals surface area contributed by atoms with Crippen LogP contribution < -0.4 is 4.74 Å². The summed E-state index contributed by atoms with van der Waals surface area (Å²) in [6.45, 7) is 5.51. The van der Waals surface area contributed by atoms with E-state index in [1.54, 1.807) is 25.1 Å². The lowest BCUT2D eigenvalue weighted by Gasteiger charge is -2.13. The Bertz CT molecular complexity index is 345. The minimum atomic E-state index is -0.526. The van der Waals surface area contributed by atoms with E-state index in [0.717, 1.165) is 0 Å². The van der Waals surface area contributed by atoms with E-state index in [1.165, 1.54) is 0 Å². The predicted molar refractivity (Wildman–Crippen MR) is 61.9 cm³/mol. The van der Waals surface area contributed by atoms with E-state index in [1.807, 2.05) is 19.9 Å². The SMILES string of the molecule is CC(C)Oc1ccccc1C(=O)C(C)Cl. The minimum Gasteiger partial charge on any atom is -0.490 e. The Balaban J connectivity index is 3.01. The topological polar surface area (TPSA) is 26.3 Å². The van der Waals surface area contributed by atoms with Gasteiger partial charge in [0.25, 0.3) is 0 Å². The fourth-order valence-corrected chi connectivity index (χ4v) is 1.36. The first-order chi connectivity index (χ1) is 7.02. The van der Waals surface area contributed by atoms with Gasteiger partial charge in [-0.25, -0.2) is 0 Å². The molecule has 0 aromatic heterocycles. The lowest BCUT2D eigenvalue weighted by atomic mass is 10.1. The Morgan fingerprint density at radius 3 is 2.40 bits per heavy atom. The highest BCUT2D eigenvalue weighted by Gasteiger charge is 2.17. The molecule has 1 aromatic rings. The molecule has 1 aromatic carbocycles. The number of carbonyl (C=O) groups is 1. The first kappa shape index (κ1) is 12.1. The number of benzene rings is 1. The summed E-state index contributed by atoms with van der Waals surface area (Å²) < 4.78 is 5.54. The van der Waals surface area contributed by atoms with Crippen LogP contribution in [0.25, 0.3) is 0 Å². The highest BCUT2D eigenvalue weighted by Crippen LogP contribution is 2.22. The number of ether oxygens (including phenoxy) is 1. The first-order valence-electron chi connectivity index (χ1n) is 4.96.